The molecule has 1 fully saturated rings. The van der Waals surface area contributed by atoms with E-state index < -0.39 is 0 Å². The van der Waals surface area contributed by atoms with E-state index in [4.69, 9.17) is 4.74 Å². The lowest BCUT2D eigenvalue weighted by molar-refractivity contribution is -0.157. The fourth-order valence-corrected chi connectivity index (χ4v) is 1.36. The topological polar surface area (TPSA) is 26.3 Å². The molecule has 0 aromatic heterocycles. The van der Waals surface area contributed by atoms with Gasteiger partial charge in [-0.05, 0) is 18.8 Å². The van der Waals surface area contributed by atoms with Gasteiger partial charge >= 0.3 is 5.97 Å². The molecule has 1 heterocycles. The van der Waals surface area contributed by atoms with Crippen LogP contribution in [-0.4, -0.2) is 12.1 Å². The van der Waals surface area contributed by atoms with E-state index in [9.17, 15) is 4.79 Å². The maximum atomic E-state index is 10.8. The predicted molar refractivity (Wildman–Crippen MR) is 38.6 cm³/mol. The summed E-state index contributed by atoms with van der Waals surface area (Å²) in [5.41, 5.74) is 0. The van der Waals surface area contributed by atoms with Crippen LogP contribution in [0.2, 0.25) is 0 Å². The average molecular weight is 142 g/mol. The molecule has 0 aromatic rings. The van der Waals surface area contributed by atoms with E-state index in [0.29, 0.717) is 12.3 Å². The molecule has 1 aliphatic rings. The van der Waals surface area contributed by atoms with Crippen LogP contribution in [0.25, 0.3) is 0 Å². The summed E-state index contributed by atoms with van der Waals surface area (Å²) in [5, 5.41) is 0. The molecule has 0 radical (unpaired) electrons. The Morgan fingerprint density at radius 3 is 2.90 bits per heavy atom. The highest BCUT2D eigenvalue weighted by Gasteiger charge is 2.25. The Balaban J connectivity index is 2.45. The zero-order valence-electron chi connectivity index (χ0n) is 6.59. The minimum absolute atomic E-state index is 0.0232. The standard InChI is InChI=1S/C8H14O2/c1-3-7-6(2)4-5-8(9)10-7/h6-7H,3-5H2,1-2H3/t6-,7-/m1/s1. The third-order valence-electron chi connectivity index (χ3n) is 2.12. The van der Waals surface area contributed by atoms with Crippen molar-refractivity contribution in [2.45, 2.75) is 39.2 Å². The van der Waals surface area contributed by atoms with Crippen LogP contribution in [0.15, 0.2) is 0 Å². The van der Waals surface area contributed by atoms with E-state index in [-0.39, 0.29) is 12.1 Å². The SMILES string of the molecule is CC[C@H]1OC(=O)CC[C@H]1C. The first kappa shape index (κ1) is 7.58. The summed E-state index contributed by atoms with van der Waals surface area (Å²) in [7, 11) is 0. The van der Waals surface area contributed by atoms with Crippen molar-refractivity contribution < 1.29 is 9.53 Å². The van der Waals surface area contributed by atoms with Gasteiger partial charge in [0.15, 0.2) is 0 Å². The zero-order valence-corrected chi connectivity index (χ0v) is 6.59. The highest BCUT2D eigenvalue weighted by Crippen LogP contribution is 2.22. The van der Waals surface area contributed by atoms with Crippen LogP contribution in [-0.2, 0) is 9.53 Å². The minimum atomic E-state index is -0.0232. The zero-order chi connectivity index (χ0) is 7.56. The summed E-state index contributed by atoms with van der Waals surface area (Å²) in [4.78, 5) is 10.8. The number of carbonyl (C=O) groups excluding carboxylic acids is 1. The lowest BCUT2D eigenvalue weighted by atomic mass is 9.95. The van der Waals surface area contributed by atoms with Crippen molar-refractivity contribution in [3.05, 3.63) is 0 Å². The molecule has 0 saturated carbocycles. The Morgan fingerprint density at radius 1 is 1.70 bits per heavy atom. The number of esters is 1. The molecule has 2 heteroatoms. The second kappa shape index (κ2) is 3.04. The first-order chi connectivity index (χ1) is 4.74. The molecule has 0 N–H and O–H groups in total. The Morgan fingerprint density at radius 2 is 2.40 bits per heavy atom. The van der Waals surface area contributed by atoms with Gasteiger partial charge < -0.3 is 4.74 Å². The van der Waals surface area contributed by atoms with E-state index in [1.54, 1.807) is 0 Å². The maximum Gasteiger partial charge on any atom is 0.306 e. The fourth-order valence-electron chi connectivity index (χ4n) is 1.36. The van der Waals surface area contributed by atoms with Gasteiger partial charge in [-0.1, -0.05) is 13.8 Å². The van der Waals surface area contributed by atoms with Crippen molar-refractivity contribution in [1.82, 2.24) is 0 Å². The van der Waals surface area contributed by atoms with Gasteiger partial charge in [0.2, 0.25) is 0 Å². The number of carbonyl (C=O) groups is 1. The van der Waals surface area contributed by atoms with E-state index >= 15 is 0 Å². The van der Waals surface area contributed by atoms with Gasteiger partial charge in [-0.25, -0.2) is 0 Å². The summed E-state index contributed by atoms with van der Waals surface area (Å²) in [6.07, 6.45) is 2.74. The molecule has 1 rings (SSSR count). The molecule has 0 amide bonds. The van der Waals surface area contributed by atoms with Gasteiger partial charge in [-0.15, -0.1) is 0 Å². The highest BCUT2D eigenvalue weighted by atomic mass is 16.5. The lowest BCUT2D eigenvalue weighted by Crippen LogP contribution is -2.30. The van der Waals surface area contributed by atoms with Crippen LogP contribution in [0.3, 0.4) is 0 Å². The largest absolute Gasteiger partial charge is 0.462 e. The summed E-state index contributed by atoms with van der Waals surface area (Å²) in [5.74, 6) is 0.535. The van der Waals surface area contributed by atoms with Gasteiger partial charge in [-0.3, -0.25) is 4.79 Å². The van der Waals surface area contributed by atoms with Gasteiger partial charge in [0.1, 0.15) is 6.10 Å². The number of rotatable bonds is 1. The van der Waals surface area contributed by atoms with Crippen molar-refractivity contribution in [1.29, 1.82) is 0 Å². The average Bonchev–Trinajstić information content (AvgIpc) is 1.94. The van der Waals surface area contributed by atoms with Crippen molar-refractivity contribution in [2.24, 2.45) is 5.92 Å². The molecular weight excluding hydrogens is 128 g/mol. The van der Waals surface area contributed by atoms with E-state index in [1.165, 1.54) is 0 Å². The number of hydrogen-bond donors (Lipinski definition) is 0. The Labute approximate surface area is 61.6 Å². The van der Waals surface area contributed by atoms with Gasteiger partial charge in [0.25, 0.3) is 0 Å². The predicted octanol–water partition coefficient (Wildman–Crippen LogP) is 1.74. The molecule has 2 nitrogen and oxygen atoms in total. The van der Waals surface area contributed by atoms with E-state index in [1.807, 2.05) is 0 Å². The summed E-state index contributed by atoms with van der Waals surface area (Å²) in [6.45, 7) is 4.19. The van der Waals surface area contributed by atoms with Gasteiger partial charge in [0, 0.05) is 6.42 Å². The third-order valence-corrected chi connectivity index (χ3v) is 2.12. The second-order valence-electron chi connectivity index (χ2n) is 2.95. The van der Waals surface area contributed by atoms with Crippen molar-refractivity contribution in [3.63, 3.8) is 0 Å². The van der Waals surface area contributed by atoms with Crippen LogP contribution in [0.5, 0.6) is 0 Å². The van der Waals surface area contributed by atoms with Gasteiger partial charge in [-0.2, -0.15) is 0 Å². The molecule has 58 valence electrons. The monoisotopic (exact) mass is 142 g/mol. The van der Waals surface area contributed by atoms with Crippen LogP contribution in [0, 0.1) is 5.92 Å². The first-order valence-corrected chi connectivity index (χ1v) is 3.93. The Hall–Kier alpha value is -0.530. The maximum absolute atomic E-state index is 10.8. The molecule has 0 unspecified atom stereocenters. The van der Waals surface area contributed by atoms with Crippen LogP contribution in [0.1, 0.15) is 33.1 Å². The smallest absolute Gasteiger partial charge is 0.306 e. The normalized spacial score (nSPS) is 33.6. The number of hydrogen-bond acceptors (Lipinski definition) is 2. The number of cyclic esters (lactones) is 1. The number of ether oxygens (including phenoxy) is 1. The highest BCUT2D eigenvalue weighted by molar-refractivity contribution is 5.70. The molecule has 1 aliphatic heterocycles. The molecular formula is C8H14O2. The first-order valence-electron chi connectivity index (χ1n) is 3.93. The second-order valence-corrected chi connectivity index (χ2v) is 2.95. The van der Waals surface area contributed by atoms with E-state index in [0.717, 1.165) is 12.8 Å². The molecule has 0 bridgehead atoms. The van der Waals surface area contributed by atoms with Crippen LogP contribution in [0.4, 0.5) is 0 Å². The van der Waals surface area contributed by atoms with Crippen molar-refractivity contribution in [3.8, 4) is 0 Å². The summed E-state index contributed by atoms with van der Waals surface area (Å²) in [6, 6.07) is 0. The van der Waals surface area contributed by atoms with E-state index in [2.05, 4.69) is 13.8 Å². The Kier molecular flexibility index (Phi) is 2.30. The van der Waals surface area contributed by atoms with Crippen LogP contribution < -0.4 is 0 Å². The third kappa shape index (κ3) is 1.49. The molecule has 10 heavy (non-hydrogen) atoms. The molecule has 0 aliphatic carbocycles. The van der Waals surface area contributed by atoms with Crippen molar-refractivity contribution >= 4 is 5.97 Å². The van der Waals surface area contributed by atoms with Crippen LogP contribution >= 0.6 is 0 Å². The molecule has 1 saturated heterocycles. The molecule has 0 aromatic carbocycles. The van der Waals surface area contributed by atoms with Crippen molar-refractivity contribution in [2.75, 3.05) is 0 Å². The molecule has 0 spiro atoms. The lowest BCUT2D eigenvalue weighted by Gasteiger charge is -2.27. The summed E-state index contributed by atoms with van der Waals surface area (Å²) < 4.78 is 5.11. The summed E-state index contributed by atoms with van der Waals surface area (Å²) >= 11 is 0. The quantitative estimate of drug-likeness (QED) is 0.521. The van der Waals surface area contributed by atoms with Gasteiger partial charge in [0.05, 0.1) is 0 Å². The minimum Gasteiger partial charge on any atom is -0.462 e. The molecule has 2 atom stereocenters. The fraction of sp³-hybridized carbons (Fsp3) is 0.875. The Bertz CT molecular complexity index is 131.